The Morgan fingerprint density at radius 3 is 2.44 bits per heavy atom. The quantitative estimate of drug-likeness (QED) is 0.470. The highest BCUT2D eigenvalue weighted by Crippen LogP contribution is 2.38. The van der Waals surface area contributed by atoms with E-state index in [-0.39, 0.29) is 6.67 Å². The zero-order chi connectivity index (χ0) is 12.3. The Balaban J connectivity index is 2.47. The molecule has 1 saturated heterocycles. The van der Waals surface area contributed by atoms with Gasteiger partial charge >= 0.3 is 0 Å². The molecule has 0 aromatic carbocycles. The molecule has 0 radical (unpaired) electrons. The van der Waals surface area contributed by atoms with Gasteiger partial charge in [-0.3, -0.25) is 0 Å². The first-order valence-corrected chi connectivity index (χ1v) is 5.43. The van der Waals surface area contributed by atoms with Gasteiger partial charge in [0.15, 0.2) is 5.71 Å². The molecule has 2 heterocycles. The van der Waals surface area contributed by atoms with Crippen molar-refractivity contribution in [3.63, 3.8) is 0 Å². The molecule has 0 unspecified atom stereocenters. The highest BCUT2D eigenvalue weighted by molar-refractivity contribution is 5.89. The molecule has 0 bridgehead atoms. The van der Waals surface area contributed by atoms with Gasteiger partial charge in [-0.15, -0.1) is 5.06 Å². The Kier molecular flexibility index (Phi) is 2.33. The summed E-state index contributed by atoms with van der Waals surface area (Å²) >= 11 is 0. The third-order valence-corrected chi connectivity index (χ3v) is 3.61. The van der Waals surface area contributed by atoms with Crippen LogP contribution in [0.3, 0.4) is 0 Å². The molecular weight excluding hydrogens is 210 g/mol. The van der Waals surface area contributed by atoms with E-state index in [9.17, 15) is 15.6 Å². The van der Waals surface area contributed by atoms with Crippen LogP contribution in [0.5, 0.6) is 0 Å². The van der Waals surface area contributed by atoms with E-state index in [0.29, 0.717) is 12.1 Å². The molecule has 0 amide bonds. The predicted molar refractivity (Wildman–Crippen MR) is 57.3 cm³/mol. The van der Waals surface area contributed by atoms with Crippen molar-refractivity contribution in [1.29, 1.82) is 0 Å². The van der Waals surface area contributed by atoms with Crippen LogP contribution >= 0.6 is 0 Å². The summed E-state index contributed by atoms with van der Waals surface area (Å²) in [5, 5.41) is 33.9. The third-order valence-electron chi connectivity index (χ3n) is 3.61. The van der Waals surface area contributed by atoms with Gasteiger partial charge in [0, 0.05) is 0 Å². The van der Waals surface area contributed by atoms with Crippen LogP contribution in [0, 0.1) is 5.21 Å². The first kappa shape index (κ1) is 11.8. The summed E-state index contributed by atoms with van der Waals surface area (Å²) in [5.41, 5.74) is -0.545. The Labute approximate surface area is 94.9 Å². The molecule has 2 rings (SSSR count). The zero-order valence-corrected chi connectivity index (χ0v) is 10.1. The molecule has 2 N–H and O–H groups in total. The molecule has 0 aliphatic carbocycles. The second kappa shape index (κ2) is 3.16. The van der Waals surface area contributed by atoms with E-state index in [0.717, 1.165) is 9.80 Å². The van der Waals surface area contributed by atoms with Crippen molar-refractivity contribution >= 4 is 5.71 Å². The summed E-state index contributed by atoms with van der Waals surface area (Å²) in [7, 11) is 0. The average molecular weight is 229 g/mol. The SMILES string of the molecule is CC1(C)CC2=[N+]([O-])CN(O)[C@H]2C(C)(C)N1O. The predicted octanol–water partition coefficient (Wildman–Crippen LogP) is 0.621. The van der Waals surface area contributed by atoms with E-state index < -0.39 is 17.1 Å². The van der Waals surface area contributed by atoms with Crippen molar-refractivity contribution in [2.24, 2.45) is 0 Å². The maximum Gasteiger partial charge on any atom is 0.231 e. The maximum absolute atomic E-state index is 11.7. The van der Waals surface area contributed by atoms with Gasteiger partial charge in [0.1, 0.15) is 6.04 Å². The van der Waals surface area contributed by atoms with Gasteiger partial charge in [-0.05, 0) is 27.7 Å². The first-order chi connectivity index (χ1) is 7.18. The lowest BCUT2D eigenvalue weighted by atomic mass is 9.77. The van der Waals surface area contributed by atoms with Crippen LogP contribution in [0.15, 0.2) is 0 Å². The molecule has 0 aromatic rings. The van der Waals surface area contributed by atoms with Gasteiger partial charge < -0.3 is 15.6 Å². The summed E-state index contributed by atoms with van der Waals surface area (Å²) in [5.74, 6) is 0. The third kappa shape index (κ3) is 1.37. The number of hydrogen-bond donors (Lipinski definition) is 2. The molecule has 2 aliphatic heterocycles. The lowest BCUT2D eigenvalue weighted by Gasteiger charge is -2.50. The fourth-order valence-electron chi connectivity index (χ4n) is 2.98. The van der Waals surface area contributed by atoms with E-state index in [4.69, 9.17) is 0 Å². The lowest BCUT2D eigenvalue weighted by Crippen LogP contribution is -2.68. The average Bonchev–Trinajstić information content (AvgIpc) is 2.38. The summed E-state index contributed by atoms with van der Waals surface area (Å²) < 4.78 is 0.821. The van der Waals surface area contributed by atoms with Crippen molar-refractivity contribution in [3.8, 4) is 0 Å². The molecule has 1 atom stereocenters. The molecule has 0 saturated carbocycles. The minimum Gasteiger partial charge on any atom is -0.623 e. The maximum atomic E-state index is 11.7. The minimum absolute atomic E-state index is 0.0483. The van der Waals surface area contributed by atoms with E-state index in [1.807, 2.05) is 27.7 Å². The van der Waals surface area contributed by atoms with Crippen LogP contribution in [-0.2, 0) is 0 Å². The Hall–Kier alpha value is -0.690. The van der Waals surface area contributed by atoms with E-state index >= 15 is 0 Å². The van der Waals surface area contributed by atoms with Gasteiger partial charge in [-0.25, -0.2) is 0 Å². The summed E-state index contributed by atoms with van der Waals surface area (Å²) in [6.45, 7) is 7.35. The lowest BCUT2D eigenvalue weighted by molar-refractivity contribution is -0.487. The number of hydroxylamine groups is 5. The summed E-state index contributed by atoms with van der Waals surface area (Å²) in [4.78, 5) is 0. The Bertz CT molecular complexity index is 351. The first-order valence-electron chi connectivity index (χ1n) is 5.43. The molecule has 16 heavy (non-hydrogen) atoms. The smallest absolute Gasteiger partial charge is 0.231 e. The standard InChI is InChI=1S/C10H19N3O3/c1-9(2)5-7-8(10(3,4)13(9)16)12(15)6-11(7)14/h8,15-16H,5-6H2,1-4H3/t8-/m1/s1. The van der Waals surface area contributed by atoms with Crippen molar-refractivity contribution in [2.75, 3.05) is 6.67 Å². The number of rotatable bonds is 0. The van der Waals surface area contributed by atoms with E-state index in [1.165, 1.54) is 5.06 Å². The largest absolute Gasteiger partial charge is 0.623 e. The van der Waals surface area contributed by atoms with E-state index in [1.54, 1.807) is 0 Å². The van der Waals surface area contributed by atoms with Gasteiger partial charge in [0.05, 0.1) is 17.5 Å². The summed E-state index contributed by atoms with van der Waals surface area (Å²) in [6.07, 6.45) is 0.457. The Morgan fingerprint density at radius 1 is 1.31 bits per heavy atom. The minimum atomic E-state index is -0.689. The fraction of sp³-hybridized carbons (Fsp3) is 0.900. The Morgan fingerprint density at radius 2 is 1.88 bits per heavy atom. The molecule has 92 valence electrons. The van der Waals surface area contributed by atoms with Gasteiger partial charge in [0.2, 0.25) is 6.67 Å². The monoisotopic (exact) mass is 229 g/mol. The van der Waals surface area contributed by atoms with Crippen molar-refractivity contribution in [3.05, 3.63) is 5.21 Å². The highest BCUT2D eigenvalue weighted by atomic mass is 16.5. The molecule has 0 spiro atoms. The fourth-order valence-corrected chi connectivity index (χ4v) is 2.98. The molecule has 1 fully saturated rings. The number of hydrogen-bond acceptors (Lipinski definition) is 5. The van der Waals surface area contributed by atoms with Gasteiger partial charge in [-0.1, -0.05) is 0 Å². The number of piperidine rings is 1. The van der Waals surface area contributed by atoms with Crippen molar-refractivity contribution in [1.82, 2.24) is 10.1 Å². The van der Waals surface area contributed by atoms with Crippen LogP contribution in [0.1, 0.15) is 34.1 Å². The highest BCUT2D eigenvalue weighted by Gasteiger charge is 2.58. The van der Waals surface area contributed by atoms with Crippen molar-refractivity contribution < 1.29 is 15.2 Å². The normalized spacial score (nSPS) is 34.2. The molecule has 6 nitrogen and oxygen atoms in total. The zero-order valence-electron chi connectivity index (χ0n) is 10.1. The molecule has 6 heteroatoms. The van der Waals surface area contributed by atoms with Crippen LogP contribution in [-0.4, -0.2) is 54.8 Å². The molecule has 0 aromatic heterocycles. The van der Waals surface area contributed by atoms with Crippen molar-refractivity contribution in [2.45, 2.75) is 51.2 Å². The van der Waals surface area contributed by atoms with Gasteiger partial charge in [-0.2, -0.15) is 9.80 Å². The second-order valence-corrected chi connectivity index (χ2v) is 5.81. The topological polar surface area (TPSA) is 73.0 Å². The molecular formula is C10H19N3O3. The van der Waals surface area contributed by atoms with Crippen LogP contribution in [0.25, 0.3) is 0 Å². The van der Waals surface area contributed by atoms with Crippen LogP contribution in [0.2, 0.25) is 0 Å². The molecule has 2 aliphatic rings. The van der Waals surface area contributed by atoms with Crippen LogP contribution < -0.4 is 0 Å². The number of fused-ring (bicyclic) bond motifs is 1. The second-order valence-electron chi connectivity index (χ2n) is 5.81. The van der Waals surface area contributed by atoms with Gasteiger partial charge in [0.25, 0.3) is 0 Å². The van der Waals surface area contributed by atoms with Crippen LogP contribution in [0.4, 0.5) is 0 Å². The number of nitrogens with zero attached hydrogens (tertiary/aromatic N) is 3. The summed E-state index contributed by atoms with van der Waals surface area (Å²) in [6, 6.07) is -0.442. The van der Waals surface area contributed by atoms with E-state index in [2.05, 4.69) is 0 Å².